The van der Waals surface area contributed by atoms with Gasteiger partial charge in [0.25, 0.3) is 10.0 Å². The van der Waals surface area contributed by atoms with E-state index < -0.39 is 27.5 Å². The van der Waals surface area contributed by atoms with Gasteiger partial charge in [-0.05, 0) is 76.1 Å². The van der Waals surface area contributed by atoms with Crippen molar-refractivity contribution < 1.29 is 27.1 Å². The van der Waals surface area contributed by atoms with E-state index in [1.807, 2.05) is 31.8 Å². The zero-order chi connectivity index (χ0) is 32.0. The van der Waals surface area contributed by atoms with Gasteiger partial charge in [-0.15, -0.1) is 0 Å². The molecule has 45 heavy (non-hydrogen) atoms. The Hall–Kier alpha value is -4.75. The van der Waals surface area contributed by atoms with Gasteiger partial charge >= 0.3 is 6.09 Å². The van der Waals surface area contributed by atoms with Crippen molar-refractivity contribution in [1.29, 1.82) is 0 Å². The molecule has 0 aliphatic carbocycles. The molecule has 1 aliphatic heterocycles. The average molecular weight is 635 g/mol. The van der Waals surface area contributed by atoms with E-state index in [1.54, 1.807) is 48.7 Å². The lowest BCUT2D eigenvalue weighted by Gasteiger charge is -2.33. The molecule has 1 aliphatic rings. The average Bonchev–Trinajstić information content (AvgIpc) is 2.98. The third-order valence-electron chi connectivity index (χ3n) is 6.68. The maximum absolute atomic E-state index is 15.1. The van der Waals surface area contributed by atoms with Crippen LogP contribution in [0.15, 0.2) is 90.0 Å². The highest BCUT2D eigenvalue weighted by molar-refractivity contribution is 7.92. The summed E-state index contributed by atoms with van der Waals surface area (Å²) in [7, 11) is -3.88. The van der Waals surface area contributed by atoms with Crippen LogP contribution in [0, 0.1) is 5.82 Å². The highest BCUT2D eigenvalue weighted by atomic mass is 32.2. The second kappa shape index (κ2) is 13.5. The molecule has 1 atom stereocenters. The minimum absolute atomic E-state index is 0.0256. The first-order valence-electron chi connectivity index (χ1n) is 14.4. The molecule has 0 saturated carbocycles. The lowest BCUT2D eigenvalue weighted by atomic mass is 10.1. The van der Waals surface area contributed by atoms with Gasteiger partial charge in [-0.25, -0.2) is 32.6 Å². The highest BCUT2D eigenvalue weighted by Crippen LogP contribution is 2.34. The number of aromatic nitrogens is 2. The number of sulfonamides is 1. The van der Waals surface area contributed by atoms with Gasteiger partial charge in [-0.1, -0.05) is 30.3 Å². The number of amides is 1. The van der Waals surface area contributed by atoms with Crippen LogP contribution in [0.3, 0.4) is 0 Å². The standard InChI is InChI=1S/C32H35FN6O5S/c1-32(2,3)44-31(40)37-39-19-9-10-23(21-39)35-30-34-18-17-27(36-30)25-13-7-8-14-28(25)43-29-16-15-22(20-26(29)33)38-45(41,42)24-11-5-4-6-12-24/h4-8,11-18,20,23,38H,9-10,19,21H2,1-3H3,(H,37,40)(H,34,35,36)/t23-/m0/s1. The number of halogens is 1. The predicted octanol–water partition coefficient (Wildman–Crippen LogP) is 6.19. The fourth-order valence-corrected chi connectivity index (χ4v) is 5.80. The van der Waals surface area contributed by atoms with Crippen molar-refractivity contribution in [2.45, 2.75) is 50.2 Å². The van der Waals surface area contributed by atoms with E-state index >= 15 is 4.39 Å². The van der Waals surface area contributed by atoms with Crippen molar-refractivity contribution in [3.63, 3.8) is 0 Å². The second-order valence-corrected chi connectivity index (χ2v) is 13.2. The molecule has 1 fully saturated rings. The highest BCUT2D eigenvalue weighted by Gasteiger charge is 2.24. The van der Waals surface area contributed by atoms with Crippen molar-refractivity contribution in [2.75, 3.05) is 23.1 Å². The molecule has 2 heterocycles. The van der Waals surface area contributed by atoms with Crippen LogP contribution in [-0.4, -0.2) is 54.2 Å². The van der Waals surface area contributed by atoms with E-state index in [-0.39, 0.29) is 22.4 Å². The fraction of sp³-hybridized carbons (Fsp3) is 0.281. The van der Waals surface area contributed by atoms with Gasteiger partial charge < -0.3 is 14.8 Å². The second-order valence-electron chi connectivity index (χ2n) is 11.5. The van der Waals surface area contributed by atoms with E-state index in [2.05, 4.69) is 25.4 Å². The van der Waals surface area contributed by atoms with Crippen LogP contribution in [0.4, 0.5) is 20.8 Å². The molecule has 0 spiro atoms. The molecule has 0 bridgehead atoms. The molecule has 1 amide bonds. The first kappa shape index (κ1) is 31.7. The van der Waals surface area contributed by atoms with Crippen molar-refractivity contribution >= 4 is 27.8 Å². The first-order chi connectivity index (χ1) is 21.4. The van der Waals surface area contributed by atoms with Gasteiger partial charge in [-0.3, -0.25) is 10.1 Å². The molecule has 4 aromatic rings. The van der Waals surface area contributed by atoms with E-state index in [4.69, 9.17) is 9.47 Å². The Balaban J connectivity index is 1.27. The Morgan fingerprint density at radius 3 is 2.51 bits per heavy atom. The Morgan fingerprint density at radius 2 is 1.76 bits per heavy atom. The Bertz CT molecular complexity index is 1750. The molecule has 1 aromatic heterocycles. The van der Waals surface area contributed by atoms with Crippen molar-refractivity contribution in [1.82, 2.24) is 20.4 Å². The van der Waals surface area contributed by atoms with Crippen molar-refractivity contribution in [3.8, 4) is 22.8 Å². The monoisotopic (exact) mass is 634 g/mol. The lowest BCUT2D eigenvalue weighted by Crippen LogP contribution is -2.52. The maximum atomic E-state index is 15.1. The molecule has 1 saturated heterocycles. The van der Waals surface area contributed by atoms with E-state index in [0.29, 0.717) is 36.0 Å². The molecule has 11 nitrogen and oxygen atoms in total. The summed E-state index contributed by atoms with van der Waals surface area (Å²) in [6.07, 6.45) is 2.82. The van der Waals surface area contributed by atoms with E-state index in [9.17, 15) is 13.2 Å². The van der Waals surface area contributed by atoms with Gasteiger partial charge in [0.15, 0.2) is 11.6 Å². The Morgan fingerprint density at radius 1 is 1.00 bits per heavy atom. The fourth-order valence-electron chi connectivity index (χ4n) is 4.73. The largest absolute Gasteiger partial charge is 0.454 e. The van der Waals surface area contributed by atoms with Crippen LogP contribution in [0.25, 0.3) is 11.3 Å². The summed E-state index contributed by atoms with van der Waals surface area (Å²) in [5.41, 5.74) is 3.42. The van der Waals surface area contributed by atoms with Gasteiger partial charge in [0.1, 0.15) is 11.4 Å². The number of ether oxygens (including phenoxy) is 2. The molecule has 3 N–H and O–H groups in total. The number of hydrogen-bond acceptors (Lipinski definition) is 9. The molecular formula is C32H35FN6O5S. The number of carbonyl (C=O) groups excluding carboxylic acids is 1. The van der Waals surface area contributed by atoms with Gasteiger partial charge in [0.2, 0.25) is 5.95 Å². The smallest absolute Gasteiger partial charge is 0.422 e. The molecule has 13 heteroatoms. The van der Waals surface area contributed by atoms with Crippen LogP contribution in [0.2, 0.25) is 0 Å². The zero-order valence-corrected chi connectivity index (χ0v) is 26.0. The third kappa shape index (κ3) is 8.67. The number of carbonyl (C=O) groups is 1. The van der Waals surface area contributed by atoms with E-state index in [1.165, 1.54) is 24.3 Å². The number of para-hydroxylation sites is 1. The van der Waals surface area contributed by atoms with Gasteiger partial charge in [0, 0.05) is 37.0 Å². The summed E-state index contributed by atoms with van der Waals surface area (Å²) >= 11 is 0. The predicted molar refractivity (Wildman–Crippen MR) is 169 cm³/mol. The number of anilines is 2. The summed E-state index contributed by atoms with van der Waals surface area (Å²) in [5.74, 6) is -0.0843. The van der Waals surface area contributed by atoms with Crippen LogP contribution in [-0.2, 0) is 14.8 Å². The van der Waals surface area contributed by atoms with Gasteiger partial charge in [0.05, 0.1) is 16.3 Å². The summed E-state index contributed by atoms with van der Waals surface area (Å²) in [5, 5.41) is 5.16. The zero-order valence-electron chi connectivity index (χ0n) is 25.2. The molecule has 0 unspecified atom stereocenters. The number of hydrazine groups is 1. The number of benzene rings is 3. The maximum Gasteiger partial charge on any atom is 0.422 e. The minimum atomic E-state index is -3.88. The third-order valence-corrected chi connectivity index (χ3v) is 8.08. The number of nitrogens with one attached hydrogen (secondary N) is 3. The molecule has 236 valence electrons. The number of nitrogens with zero attached hydrogens (tertiary/aromatic N) is 3. The molecule has 0 radical (unpaired) electrons. The summed E-state index contributed by atoms with van der Waals surface area (Å²) < 4.78 is 54.1. The normalized spacial score (nSPS) is 15.6. The van der Waals surface area contributed by atoms with Crippen molar-refractivity contribution in [3.05, 3.63) is 90.9 Å². The summed E-state index contributed by atoms with van der Waals surface area (Å²) in [4.78, 5) is 21.3. The molecule has 3 aromatic carbocycles. The Kier molecular flexibility index (Phi) is 9.49. The molecular weight excluding hydrogens is 599 g/mol. The van der Waals surface area contributed by atoms with Crippen LogP contribution in [0.5, 0.6) is 11.5 Å². The van der Waals surface area contributed by atoms with Crippen LogP contribution >= 0.6 is 0 Å². The van der Waals surface area contributed by atoms with E-state index in [0.717, 1.165) is 18.9 Å². The topological polar surface area (TPSA) is 135 Å². The van der Waals surface area contributed by atoms with Crippen LogP contribution < -0.4 is 20.2 Å². The summed E-state index contributed by atoms with van der Waals surface area (Å²) in [6.45, 7) is 6.66. The SMILES string of the molecule is CC(C)(C)OC(=O)NN1CCC[C@H](Nc2nccc(-c3ccccc3Oc3ccc(NS(=O)(=O)c4ccccc4)cc3F)n2)C1. The molecule has 5 rings (SSSR count). The van der Waals surface area contributed by atoms with Gasteiger partial charge in [-0.2, -0.15) is 0 Å². The van der Waals surface area contributed by atoms with Crippen LogP contribution in [0.1, 0.15) is 33.6 Å². The minimum Gasteiger partial charge on any atom is -0.454 e. The summed E-state index contributed by atoms with van der Waals surface area (Å²) in [6, 6.07) is 20.5. The number of piperidine rings is 1. The van der Waals surface area contributed by atoms with Crippen molar-refractivity contribution in [2.24, 2.45) is 0 Å². The number of hydrogen-bond donors (Lipinski definition) is 3. The Labute approximate surface area is 261 Å². The lowest BCUT2D eigenvalue weighted by molar-refractivity contribution is 0.0289. The quantitative estimate of drug-likeness (QED) is 0.197. The number of rotatable bonds is 9. The first-order valence-corrected chi connectivity index (χ1v) is 15.9.